The van der Waals surface area contributed by atoms with Gasteiger partial charge in [-0.2, -0.15) is 0 Å². The molecule has 0 spiro atoms. The fourth-order valence-electron chi connectivity index (χ4n) is 2.66. The van der Waals surface area contributed by atoms with E-state index >= 15 is 0 Å². The SMILES string of the molecule is CCC(CC)C(CN)N1CCOCC1C. The lowest BCUT2D eigenvalue weighted by Gasteiger charge is -2.42. The molecule has 2 N–H and O–H groups in total. The maximum absolute atomic E-state index is 5.94. The number of rotatable bonds is 5. The first-order valence-corrected chi connectivity index (χ1v) is 6.28. The maximum atomic E-state index is 5.94. The van der Waals surface area contributed by atoms with Crippen molar-refractivity contribution in [3.8, 4) is 0 Å². The Labute approximate surface area is 94.0 Å². The monoisotopic (exact) mass is 214 g/mol. The third-order valence-corrected chi connectivity index (χ3v) is 3.68. The van der Waals surface area contributed by atoms with Crippen LogP contribution in [0, 0.1) is 5.92 Å². The van der Waals surface area contributed by atoms with Gasteiger partial charge in [-0.05, 0) is 12.8 Å². The van der Waals surface area contributed by atoms with Gasteiger partial charge in [-0.25, -0.2) is 0 Å². The summed E-state index contributed by atoms with van der Waals surface area (Å²) in [6.07, 6.45) is 2.45. The van der Waals surface area contributed by atoms with Crippen LogP contribution in [0.25, 0.3) is 0 Å². The second-order valence-corrected chi connectivity index (χ2v) is 4.54. The van der Waals surface area contributed by atoms with E-state index in [1.165, 1.54) is 12.8 Å². The van der Waals surface area contributed by atoms with Crippen LogP contribution in [0.2, 0.25) is 0 Å². The number of morpholine rings is 1. The average molecular weight is 214 g/mol. The molecule has 90 valence electrons. The second kappa shape index (κ2) is 6.46. The van der Waals surface area contributed by atoms with Crippen LogP contribution in [0.3, 0.4) is 0 Å². The van der Waals surface area contributed by atoms with Crippen LogP contribution in [-0.4, -0.2) is 43.3 Å². The molecule has 1 fully saturated rings. The number of ether oxygens (including phenoxy) is 1. The molecule has 0 bridgehead atoms. The summed E-state index contributed by atoms with van der Waals surface area (Å²) >= 11 is 0. The van der Waals surface area contributed by atoms with E-state index in [1.807, 2.05) is 0 Å². The quantitative estimate of drug-likeness (QED) is 0.753. The number of hydrogen-bond acceptors (Lipinski definition) is 3. The summed E-state index contributed by atoms with van der Waals surface area (Å²) in [5.41, 5.74) is 5.94. The van der Waals surface area contributed by atoms with Crippen LogP contribution in [0.5, 0.6) is 0 Å². The van der Waals surface area contributed by atoms with Crippen LogP contribution in [0.4, 0.5) is 0 Å². The fraction of sp³-hybridized carbons (Fsp3) is 1.00. The molecular weight excluding hydrogens is 188 g/mol. The first kappa shape index (κ1) is 12.9. The van der Waals surface area contributed by atoms with Gasteiger partial charge in [0.25, 0.3) is 0 Å². The molecule has 1 aliphatic rings. The number of hydrogen-bond donors (Lipinski definition) is 1. The smallest absolute Gasteiger partial charge is 0.0619 e. The standard InChI is InChI=1S/C12H26N2O/c1-4-11(5-2)12(8-13)14-6-7-15-9-10(14)3/h10-12H,4-9,13H2,1-3H3. The predicted octanol–water partition coefficient (Wildman–Crippen LogP) is 1.47. The molecule has 0 aromatic carbocycles. The Morgan fingerprint density at radius 2 is 2.07 bits per heavy atom. The van der Waals surface area contributed by atoms with E-state index in [9.17, 15) is 0 Å². The molecular formula is C12H26N2O. The fourth-order valence-corrected chi connectivity index (χ4v) is 2.66. The molecule has 0 aromatic heterocycles. The minimum absolute atomic E-state index is 0.521. The molecule has 3 nitrogen and oxygen atoms in total. The van der Waals surface area contributed by atoms with Crippen molar-refractivity contribution in [3.05, 3.63) is 0 Å². The van der Waals surface area contributed by atoms with Gasteiger partial charge in [-0.1, -0.05) is 26.7 Å². The highest BCUT2D eigenvalue weighted by Gasteiger charge is 2.29. The number of nitrogens with zero attached hydrogens (tertiary/aromatic N) is 1. The molecule has 0 radical (unpaired) electrons. The first-order chi connectivity index (χ1) is 7.24. The summed E-state index contributed by atoms with van der Waals surface area (Å²) in [6, 6.07) is 1.06. The summed E-state index contributed by atoms with van der Waals surface area (Å²) in [6.45, 7) is 10.3. The predicted molar refractivity (Wildman–Crippen MR) is 63.9 cm³/mol. The van der Waals surface area contributed by atoms with Gasteiger partial charge < -0.3 is 10.5 Å². The molecule has 0 aliphatic carbocycles. The van der Waals surface area contributed by atoms with E-state index in [-0.39, 0.29) is 0 Å². The Kier molecular flexibility index (Phi) is 5.58. The van der Waals surface area contributed by atoms with Gasteiger partial charge in [0.2, 0.25) is 0 Å². The summed E-state index contributed by atoms with van der Waals surface area (Å²) < 4.78 is 5.47. The second-order valence-electron chi connectivity index (χ2n) is 4.54. The van der Waals surface area contributed by atoms with Crippen LogP contribution < -0.4 is 5.73 Å². The van der Waals surface area contributed by atoms with Crippen molar-refractivity contribution >= 4 is 0 Å². The topological polar surface area (TPSA) is 38.5 Å². The highest BCUT2D eigenvalue weighted by molar-refractivity contribution is 4.84. The Balaban J connectivity index is 2.62. The van der Waals surface area contributed by atoms with Gasteiger partial charge in [0.1, 0.15) is 0 Å². The van der Waals surface area contributed by atoms with Crippen LogP contribution in [0.15, 0.2) is 0 Å². The molecule has 0 saturated carbocycles. The molecule has 1 aliphatic heterocycles. The van der Waals surface area contributed by atoms with Crippen molar-refractivity contribution in [2.75, 3.05) is 26.3 Å². The Morgan fingerprint density at radius 1 is 1.40 bits per heavy atom. The van der Waals surface area contributed by atoms with E-state index in [1.54, 1.807) is 0 Å². The normalized spacial score (nSPS) is 25.8. The lowest BCUT2D eigenvalue weighted by molar-refractivity contribution is -0.0334. The Bertz CT molecular complexity index is 171. The van der Waals surface area contributed by atoms with E-state index in [2.05, 4.69) is 25.7 Å². The van der Waals surface area contributed by atoms with Gasteiger partial charge in [-0.3, -0.25) is 4.90 Å². The van der Waals surface area contributed by atoms with Gasteiger partial charge >= 0.3 is 0 Å². The highest BCUT2D eigenvalue weighted by Crippen LogP contribution is 2.21. The van der Waals surface area contributed by atoms with Gasteiger partial charge in [-0.15, -0.1) is 0 Å². The van der Waals surface area contributed by atoms with Gasteiger partial charge in [0, 0.05) is 25.2 Å². The molecule has 0 amide bonds. The highest BCUT2D eigenvalue weighted by atomic mass is 16.5. The maximum Gasteiger partial charge on any atom is 0.0619 e. The molecule has 15 heavy (non-hydrogen) atoms. The third kappa shape index (κ3) is 3.16. The van der Waals surface area contributed by atoms with Crippen LogP contribution in [0.1, 0.15) is 33.6 Å². The Hall–Kier alpha value is -0.120. The molecule has 2 unspecified atom stereocenters. The molecule has 3 heteroatoms. The summed E-state index contributed by atoms with van der Waals surface area (Å²) in [7, 11) is 0. The minimum atomic E-state index is 0.521. The summed E-state index contributed by atoms with van der Waals surface area (Å²) in [5, 5.41) is 0. The Morgan fingerprint density at radius 3 is 2.53 bits per heavy atom. The largest absolute Gasteiger partial charge is 0.379 e. The van der Waals surface area contributed by atoms with E-state index in [0.717, 1.165) is 32.2 Å². The van der Waals surface area contributed by atoms with Crippen molar-refractivity contribution in [2.24, 2.45) is 11.7 Å². The van der Waals surface area contributed by atoms with Gasteiger partial charge in [0.15, 0.2) is 0 Å². The first-order valence-electron chi connectivity index (χ1n) is 6.28. The minimum Gasteiger partial charge on any atom is -0.379 e. The van der Waals surface area contributed by atoms with E-state index in [0.29, 0.717) is 12.1 Å². The zero-order chi connectivity index (χ0) is 11.3. The zero-order valence-electron chi connectivity index (χ0n) is 10.4. The van der Waals surface area contributed by atoms with Crippen molar-refractivity contribution in [1.82, 2.24) is 4.90 Å². The summed E-state index contributed by atoms with van der Waals surface area (Å²) in [4.78, 5) is 2.54. The van der Waals surface area contributed by atoms with Crippen LogP contribution in [-0.2, 0) is 4.74 Å². The third-order valence-electron chi connectivity index (χ3n) is 3.68. The van der Waals surface area contributed by atoms with E-state index < -0.39 is 0 Å². The zero-order valence-corrected chi connectivity index (χ0v) is 10.4. The van der Waals surface area contributed by atoms with Crippen molar-refractivity contribution in [3.63, 3.8) is 0 Å². The summed E-state index contributed by atoms with van der Waals surface area (Å²) in [5.74, 6) is 0.732. The van der Waals surface area contributed by atoms with Gasteiger partial charge in [0.05, 0.1) is 13.2 Å². The van der Waals surface area contributed by atoms with Crippen LogP contribution >= 0.6 is 0 Å². The number of nitrogens with two attached hydrogens (primary N) is 1. The molecule has 1 saturated heterocycles. The molecule has 2 atom stereocenters. The lowest BCUT2D eigenvalue weighted by Crippen LogP contribution is -2.54. The van der Waals surface area contributed by atoms with Crippen molar-refractivity contribution in [1.29, 1.82) is 0 Å². The average Bonchev–Trinajstić information content (AvgIpc) is 2.27. The molecule has 0 aromatic rings. The molecule has 1 rings (SSSR count). The van der Waals surface area contributed by atoms with Crippen molar-refractivity contribution in [2.45, 2.75) is 45.7 Å². The van der Waals surface area contributed by atoms with Crippen molar-refractivity contribution < 1.29 is 4.74 Å². The molecule has 1 heterocycles. The lowest BCUT2D eigenvalue weighted by atomic mass is 9.91. The van der Waals surface area contributed by atoms with E-state index in [4.69, 9.17) is 10.5 Å².